The van der Waals surface area contributed by atoms with Gasteiger partial charge in [-0.25, -0.2) is 4.79 Å². The first-order valence-electron chi connectivity index (χ1n) is 8.15. The van der Waals surface area contributed by atoms with Crippen LogP contribution in [0.4, 0.5) is 0 Å². The third-order valence-electron chi connectivity index (χ3n) is 4.53. The standard InChI is InChI=1S/C21H16O5/c1-11-13-8-9-17-20(14-6-4-5-7-16(14)26-17)19(13)18(25-12(2)22)10-15(11)21(23)24-3/h4-10H,1-3H3. The molecule has 5 heteroatoms. The van der Waals surface area contributed by atoms with Crippen molar-refractivity contribution in [2.45, 2.75) is 13.8 Å². The van der Waals surface area contributed by atoms with E-state index in [4.69, 9.17) is 13.9 Å². The summed E-state index contributed by atoms with van der Waals surface area (Å²) in [5, 5.41) is 3.33. The molecule has 3 aromatic carbocycles. The Morgan fingerprint density at radius 2 is 1.73 bits per heavy atom. The summed E-state index contributed by atoms with van der Waals surface area (Å²) in [6.07, 6.45) is 0. The molecule has 1 heterocycles. The second-order valence-electron chi connectivity index (χ2n) is 6.09. The molecule has 0 unspecified atom stereocenters. The molecule has 5 nitrogen and oxygen atoms in total. The van der Waals surface area contributed by atoms with Crippen molar-refractivity contribution in [3.63, 3.8) is 0 Å². The van der Waals surface area contributed by atoms with E-state index in [0.717, 1.165) is 32.7 Å². The molecule has 0 spiro atoms. The maximum Gasteiger partial charge on any atom is 0.338 e. The Kier molecular flexibility index (Phi) is 3.65. The second-order valence-corrected chi connectivity index (χ2v) is 6.09. The van der Waals surface area contributed by atoms with Gasteiger partial charge in [0.1, 0.15) is 16.9 Å². The number of para-hydroxylation sites is 1. The Labute approximate surface area is 149 Å². The number of esters is 2. The van der Waals surface area contributed by atoms with Gasteiger partial charge in [-0.05, 0) is 36.1 Å². The Balaban J connectivity index is 2.22. The zero-order chi connectivity index (χ0) is 18.4. The number of furan rings is 1. The van der Waals surface area contributed by atoms with Crippen molar-refractivity contribution in [1.29, 1.82) is 0 Å². The van der Waals surface area contributed by atoms with Crippen LogP contribution in [0.5, 0.6) is 5.75 Å². The molecule has 4 aromatic rings. The fourth-order valence-electron chi connectivity index (χ4n) is 3.40. The van der Waals surface area contributed by atoms with Crippen LogP contribution in [0, 0.1) is 6.92 Å². The summed E-state index contributed by atoms with van der Waals surface area (Å²) >= 11 is 0. The van der Waals surface area contributed by atoms with Crippen molar-refractivity contribution < 1.29 is 23.5 Å². The van der Waals surface area contributed by atoms with Crippen molar-refractivity contribution in [2.24, 2.45) is 0 Å². The van der Waals surface area contributed by atoms with Gasteiger partial charge in [-0.15, -0.1) is 0 Å². The fraction of sp³-hybridized carbons (Fsp3) is 0.143. The summed E-state index contributed by atoms with van der Waals surface area (Å²) in [7, 11) is 1.32. The van der Waals surface area contributed by atoms with E-state index in [0.29, 0.717) is 16.9 Å². The molecule has 0 N–H and O–H groups in total. The molecule has 0 atom stereocenters. The van der Waals surface area contributed by atoms with Crippen molar-refractivity contribution in [1.82, 2.24) is 0 Å². The van der Waals surface area contributed by atoms with Crippen LogP contribution in [0.3, 0.4) is 0 Å². The van der Waals surface area contributed by atoms with Crippen molar-refractivity contribution >= 4 is 44.6 Å². The number of carbonyl (C=O) groups is 2. The quantitative estimate of drug-likeness (QED) is 0.386. The van der Waals surface area contributed by atoms with Crippen LogP contribution < -0.4 is 4.74 Å². The van der Waals surface area contributed by atoms with E-state index in [-0.39, 0.29) is 0 Å². The largest absolute Gasteiger partial charge is 0.465 e. The lowest BCUT2D eigenvalue weighted by molar-refractivity contribution is -0.131. The number of ether oxygens (including phenoxy) is 2. The van der Waals surface area contributed by atoms with Crippen molar-refractivity contribution in [3.8, 4) is 5.75 Å². The SMILES string of the molecule is COC(=O)c1cc(OC(C)=O)c2c(ccc3oc4ccccc4c32)c1C. The highest BCUT2D eigenvalue weighted by Gasteiger charge is 2.21. The lowest BCUT2D eigenvalue weighted by Gasteiger charge is -2.13. The predicted molar refractivity (Wildman–Crippen MR) is 98.6 cm³/mol. The van der Waals surface area contributed by atoms with E-state index < -0.39 is 11.9 Å². The number of carbonyl (C=O) groups excluding carboxylic acids is 2. The average Bonchev–Trinajstić information content (AvgIpc) is 3.01. The third kappa shape index (κ3) is 2.32. The molecule has 1 aromatic heterocycles. The van der Waals surface area contributed by atoms with Gasteiger partial charge in [-0.2, -0.15) is 0 Å². The van der Waals surface area contributed by atoms with Gasteiger partial charge in [0, 0.05) is 23.1 Å². The van der Waals surface area contributed by atoms with Gasteiger partial charge in [0.25, 0.3) is 0 Å². The molecule has 0 aliphatic carbocycles. The fourth-order valence-corrected chi connectivity index (χ4v) is 3.40. The van der Waals surface area contributed by atoms with E-state index in [1.165, 1.54) is 14.0 Å². The Bertz CT molecular complexity index is 1200. The van der Waals surface area contributed by atoms with Gasteiger partial charge >= 0.3 is 11.9 Å². The molecule has 0 fully saturated rings. The van der Waals surface area contributed by atoms with Crippen LogP contribution in [0.2, 0.25) is 0 Å². The molecule has 130 valence electrons. The highest BCUT2D eigenvalue weighted by Crippen LogP contribution is 2.41. The molecular weight excluding hydrogens is 332 g/mol. The van der Waals surface area contributed by atoms with Crippen LogP contribution >= 0.6 is 0 Å². The molecule has 4 rings (SSSR count). The van der Waals surface area contributed by atoms with E-state index >= 15 is 0 Å². The molecule has 0 radical (unpaired) electrons. The van der Waals surface area contributed by atoms with Gasteiger partial charge in [0.05, 0.1) is 12.7 Å². The topological polar surface area (TPSA) is 65.7 Å². The highest BCUT2D eigenvalue weighted by molar-refractivity contribution is 6.22. The summed E-state index contributed by atoms with van der Waals surface area (Å²) < 4.78 is 16.3. The lowest BCUT2D eigenvalue weighted by atomic mass is 9.95. The number of rotatable bonds is 2. The van der Waals surface area contributed by atoms with E-state index in [1.807, 2.05) is 43.3 Å². The molecule has 26 heavy (non-hydrogen) atoms. The minimum Gasteiger partial charge on any atom is -0.465 e. The summed E-state index contributed by atoms with van der Waals surface area (Å²) in [6.45, 7) is 3.18. The summed E-state index contributed by atoms with van der Waals surface area (Å²) in [5.41, 5.74) is 2.56. The maximum absolute atomic E-state index is 12.2. The third-order valence-corrected chi connectivity index (χ3v) is 4.53. The zero-order valence-electron chi connectivity index (χ0n) is 14.6. The summed E-state index contributed by atoms with van der Waals surface area (Å²) in [6, 6.07) is 13.0. The molecule has 0 aliphatic heterocycles. The summed E-state index contributed by atoms with van der Waals surface area (Å²) in [5.74, 6) is -0.624. The Hall–Kier alpha value is -3.34. The van der Waals surface area contributed by atoms with Crippen LogP contribution in [0.15, 0.2) is 46.9 Å². The summed E-state index contributed by atoms with van der Waals surface area (Å²) in [4.78, 5) is 23.8. The zero-order valence-corrected chi connectivity index (χ0v) is 14.6. The highest BCUT2D eigenvalue weighted by atomic mass is 16.5. The van der Waals surface area contributed by atoms with Crippen molar-refractivity contribution in [2.75, 3.05) is 7.11 Å². The van der Waals surface area contributed by atoms with E-state index in [9.17, 15) is 9.59 Å². The maximum atomic E-state index is 12.2. The average molecular weight is 348 g/mol. The Morgan fingerprint density at radius 3 is 2.46 bits per heavy atom. The van der Waals surface area contributed by atoms with Gasteiger partial charge in [-0.1, -0.05) is 24.3 Å². The minimum atomic E-state index is -0.477. The molecule has 0 bridgehead atoms. The van der Waals surface area contributed by atoms with E-state index in [2.05, 4.69) is 0 Å². The minimum absolute atomic E-state index is 0.315. The predicted octanol–water partition coefficient (Wildman–Crippen LogP) is 4.76. The van der Waals surface area contributed by atoms with Crippen LogP contribution in [0.1, 0.15) is 22.8 Å². The smallest absolute Gasteiger partial charge is 0.338 e. The lowest BCUT2D eigenvalue weighted by Crippen LogP contribution is -2.08. The first-order chi connectivity index (χ1) is 12.5. The first kappa shape index (κ1) is 16.1. The van der Waals surface area contributed by atoms with Crippen LogP contribution in [-0.2, 0) is 9.53 Å². The molecule has 0 saturated carbocycles. The molecule has 0 aliphatic rings. The normalized spacial score (nSPS) is 11.2. The van der Waals surface area contributed by atoms with Crippen LogP contribution in [-0.4, -0.2) is 19.0 Å². The van der Waals surface area contributed by atoms with E-state index in [1.54, 1.807) is 6.07 Å². The first-order valence-corrected chi connectivity index (χ1v) is 8.15. The molecular formula is C21H16O5. The Morgan fingerprint density at radius 1 is 0.962 bits per heavy atom. The monoisotopic (exact) mass is 348 g/mol. The second kappa shape index (κ2) is 5.88. The number of hydrogen-bond donors (Lipinski definition) is 0. The van der Waals surface area contributed by atoms with Crippen molar-refractivity contribution in [3.05, 3.63) is 53.6 Å². The number of hydrogen-bond acceptors (Lipinski definition) is 5. The van der Waals surface area contributed by atoms with Gasteiger partial charge in [0.2, 0.25) is 0 Å². The number of methoxy groups -OCH3 is 1. The van der Waals surface area contributed by atoms with Gasteiger partial charge in [0.15, 0.2) is 0 Å². The number of benzene rings is 3. The van der Waals surface area contributed by atoms with Gasteiger partial charge in [-0.3, -0.25) is 4.79 Å². The number of fused-ring (bicyclic) bond motifs is 5. The van der Waals surface area contributed by atoms with Crippen LogP contribution in [0.25, 0.3) is 32.7 Å². The molecule has 0 amide bonds. The van der Waals surface area contributed by atoms with Gasteiger partial charge < -0.3 is 13.9 Å². The number of aryl methyl sites for hydroxylation is 1. The molecule has 0 saturated heterocycles.